The Balaban J connectivity index is 1.97. The van der Waals surface area contributed by atoms with Crippen LogP contribution in [0, 0.1) is 5.41 Å². The van der Waals surface area contributed by atoms with Gasteiger partial charge in [0.2, 0.25) is 0 Å². The van der Waals surface area contributed by atoms with Crippen molar-refractivity contribution in [2.45, 2.75) is 32.1 Å². The first kappa shape index (κ1) is 15.9. The summed E-state index contributed by atoms with van der Waals surface area (Å²) in [6, 6.07) is 9.32. The highest BCUT2D eigenvalue weighted by Crippen LogP contribution is 2.30. The maximum absolute atomic E-state index is 5.52. The van der Waals surface area contributed by atoms with Crippen molar-refractivity contribution in [3.8, 4) is 0 Å². The van der Waals surface area contributed by atoms with Gasteiger partial charge in [0.05, 0.1) is 13.2 Å². The monoisotopic (exact) mass is 322 g/mol. The van der Waals surface area contributed by atoms with Crippen LogP contribution in [0.15, 0.2) is 24.3 Å². The van der Waals surface area contributed by atoms with Gasteiger partial charge in [-0.3, -0.25) is 0 Å². The fourth-order valence-electron chi connectivity index (χ4n) is 4.54. The van der Waals surface area contributed by atoms with E-state index in [-0.39, 0.29) is 5.41 Å². The molecule has 0 heterocycles. The molecule has 4 rings (SSSR count). The maximum atomic E-state index is 5.52. The van der Waals surface area contributed by atoms with Crippen LogP contribution in [0.5, 0.6) is 0 Å². The third-order valence-corrected chi connectivity index (χ3v) is 5.65. The van der Waals surface area contributed by atoms with E-state index in [0.717, 1.165) is 6.42 Å². The van der Waals surface area contributed by atoms with Gasteiger partial charge < -0.3 is 9.47 Å². The van der Waals surface area contributed by atoms with Gasteiger partial charge in [0.25, 0.3) is 0 Å². The van der Waals surface area contributed by atoms with Gasteiger partial charge in [0, 0.05) is 19.6 Å². The Hall–Kier alpha value is -1.64. The molecule has 0 aromatic heterocycles. The van der Waals surface area contributed by atoms with E-state index < -0.39 is 0 Å². The molecule has 2 aromatic carbocycles. The summed E-state index contributed by atoms with van der Waals surface area (Å²) in [6.07, 6.45) is 10.8. The zero-order valence-electron chi connectivity index (χ0n) is 14.7. The summed E-state index contributed by atoms with van der Waals surface area (Å²) in [5, 5.41) is 5.55. The number of aryl methyl sites for hydroxylation is 2. The average molecular weight is 322 g/mol. The number of ether oxygens (including phenoxy) is 2. The molecule has 2 aromatic rings. The van der Waals surface area contributed by atoms with Gasteiger partial charge in [0.1, 0.15) is 0 Å². The van der Waals surface area contributed by atoms with E-state index in [1.54, 1.807) is 25.3 Å². The lowest BCUT2D eigenvalue weighted by Crippen LogP contribution is -2.39. The number of hydrogen-bond acceptors (Lipinski definition) is 2. The lowest BCUT2D eigenvalue weighted by molar-refractivity contribution is 0.0530. The largest absolute Gasteiger partial charge is 0.384 e. The lowest BCUT2D eigenvalue weighted by Gasteiger charge is -2.30. The van der Waals surface area contributed by atoms with Gasteiger partial charge >= 0.3 is 0 Å². The van der Waals surface area contributed by atoms with Gasteiger partial charge in [-0.25, -0.2) is 0 Å². The fourth-order valence-corrected chi connectivity index (χ4v) is 4.54. The molecule has 0 bridgehead atoms. The zero-order chi connectivity index (χ0) is 16.6. The third kappa shape index (κ3) is 2.58. The minimum Gasteiger partial charge on any atom is -0.384 e. The number of benzene rings is 2. The van der Waals surface area contributed by atoms with Crippen molar-refractivity contribution in [2.24, 2.45) is 5.41 Å². The molecule has 0 fully saturated rings. The van der Waals surface area contributed by atoms with Crippen molar-refractivity contribution >= 4 is 22.9 Å². The van der Waals surface area contributed by atoms with Crippen molar-refractivity contribution in [1.29, 1.82) is 0 Å². The molecule has 2 aliphatic carbocycles. The lowest BCUT2D eigenvalue weighted by atomic mass is 9.80. The van der Waals surface area contributed by atoms with E-state index in [1.807, 2.05) is 0 Å². The Morgan fingerprint density at radius 1 is 0.917 bits per heavy atom. The number of fused-ring (bicyclic) bond motifs is 5. The number of rotatable bonds is 4. The average Bonchev–Trinajstić information content (AvgIpc) is 2.61. The quantitative estimate of drug-likeness (QED) is 0.862. The smallest absolute Gasteiger partial charge is 0.0578 e. The van der Waals surface area contributed by atoms with Crippen LogP contribution >= 0.6 is 0 Å². The fraction of sp³-hybridized carbons (Fsp3) is 0.455. The Bertz CT molecular complexity index is 873. The first-order chi connectivity index (χ1) is 11.8. The topological polar surface area (TPSA) is 18.5 Å². The molecule has 0 amide bonds. The molecule has 0 saturated heterocycles. The first-order valence-corrected chi connectivity index (χ1v) is 9.01. The van der Waals surface area contributed by atoms with Crippen LogP contribution in [0.1, 0.15) is 30.4 Å². The van der Waals surface area contributed by atoms with Crippen LogP contribution in [0.25, 0.3) is 22.9 Å². The van der Waals surface area contributed by atoms with Gasteiger partial charge in [-0.1, -0.05) is 36.4 Å². The van der Waals surface area contributed by atoms with Crippen molar-refractivity contribution in [1.82, 2.24) is 0 Å². The standard InChI is InChI=1S/C22H26O2/c1-23-14-22(15-24-2)12-11-17-8-9-19-18-6-4-3-5-16(18)7-10-20(19)21(17)13-22/h7-11,13H,3-6,12,14-15H2,1-2H3. The summed E-state index contributed by atoms with van der Waals surface area (Å²) in [4.78, 5) is 0. The summed E-state index contributed by atoms with van der Waals surface area (Å²) in [5.41, 5.74) is 3.07. The molecular weight excluding hydrogens is 296 g/mol. The normalized spacial score (nSPS) is 18.4. The molecule has 0 unspecified atom stereocenters. The number of hydrogen-bond donors (Lipinski definition) is 0. The molecule has 0 radical (unpaired) electrons. The maximum Gasteiger partial charge on any atom is 0.0578 e. The van der Waals surface area contributed by atoms with Crippen LogP contribution in [-0.2, 0) is 22.3 Å². The second kappa shape index (κ2) is 6.34. The SMILES string of the molecule is COCC1(COC)C=c2c(ccc3c4c(ccc23)CCCC4)=CC1. The van der Waals surface area contributed by atoms with E-state index in [2.05, 4.69) is 36.4 Å². The summed E-state index contributed by atoms with van der Waals surface area (Å²) < 4.78 is 11.0. The minimum absolute atomic E-state index is 0.0549. The van der Waals surface area contributed by atoms with E-state index in [1.165, 1.54) is 46.9 Å². The summed E-state index contributed by atoms with van der Waals surface area (Å²) >= 11 is 0. The highest BCUT2D eigenvalue weighted by atomic mass is 16.5. The van der Waals surface area contributed by atoms with Crippen LogP contribution < -0.4 is 10.4 Å². The molecular formula is C22H26O2. The summed E-state index contributed by atoms with van der Waals surface area (Å²) in [6.45, 7) is 1.39. The molecule has 0 saturated carbocycles. The number of methoxy groups -OCH3 is 2. The molecule has 0 aliphatic heterocycles. The molecule has 2 aliphatic rings. The minimum atomic E-state index is -0.0549. The molecule has 0 spiro atoms. The zero-order valence-corrected chi connectivity index (χ0v) is 14.7. The second-order valence-electron chi connectivity index (χ2n) is 7.35. The van der Waals surface area contributed by atoms with Gasteiger partial charge in [-0.2, -0.15) is 0 Å². The van der Waals surface area contributed by atoms with Crippen LogP contribution in [0.2, 0.25) is 0 Å². The Morgan fingerprint density at radius 2 is 1.67 bits per heavy atom. The molecule has 0 atom stereocenters. The van der Waals surface area contributed by atoms with E-state index in [0.29, 0.717) is 13.2 Å². The molecule has 0 N–H and O–H groups in total. The van der Waals surface area contributed by atoms with E-state index in [9.17, 15) is 0 Å². The van der Waals surface area contributed by atoms with Crippen molar-refractivity contribution in [3.63, 3.8) is 0 Å². The van der Waals surface area contributed by atoms with E-state index >= 15 is 0 Å². The van der Waals surface area contributed by atoms with Gasteiger partial charge in [-0.05, 0) is 64.4 Å². The highest BCUT2D eigenvalue weighted by molar-refractivity contribution is 5.88. The Labute approximate surface area is 143 Å². The van der Waals surface area contributed by atoms with Crippen molar-refractivity contribution in [2.75, 3.05) is 27.4 Å². The van der Waals surface area contributed by atoms with Crippen molar-refractivity contribution < 1.29 is 9.47 Å². The molecule has 2 nitrogen and oxygen atoms in total. The molecule has 24 heavy (non-hydrogen) atoms. The summed E-state index contributed by atoms with van der Waals surface area (Å²) in [5.74, 6) is 0. The summed E-state index contributed by atoms with van der Waals surface area (Å²) in [7, 11) is 3.56. The third-order valence-electron chi connectivity index (χ3n) is 5.65. The second-order valence-corrected chi connectivity index (χ2v) is 7.35. The van der Waals surface area contributed by atoms with Gasteiger partial charge in [-0.15, -0.1) is 0 Å². The Kier molecular flexibility index (Phi) is 4.19. The van der Waals surface area contributed by atoms with Crippen LogP contribution in [-0.4, -0.2) is 27.4 Å². The van der Waals surface area contributed by atoms with Crippen LogP contribution in [0.3, 0.4) is 0 Å². The highest BCUT2D eigenvalue weighted by Gasteiger charge is 2.29. The van der Waals surface area contributed by atoms with Crippen molar-refractivity contribution in [3.05, 3.63) is 45.8 Å². The first-order valence-electron chi connectivity index (χ1n) is 9.01. The predicted octanol–water partition coefficient (Wildman–Crippen LogP) is 2.96. The molecule has 126 valence electrons. The Morgan fingerprint density at radius 3 is 2.46 bits per heavy atom. The van der Waals surface area contributed by atoms with Gasteiger partial charge in [0.15, 0.2) is 0 Å². The molecule has 2 heteroatoms. The van der Waals surface area contributed by atoms with E-state index in [4.69, 9.17) is 9.47 Å². The predicted molar refractivity (Wildman–Crippen MR) is 99.6 cm³/mol. The van der Waals surface area contributed by atoms with Crippen LogP contribution in [0.4, 0.5) is 0 Å².